The minimum atomic E-state index is -3.86. The Bertz CT molecular complexity index is 929. The molecule has 0 saturated heterocycles. The monoisotopic (exact) mass is 392 g/mol. The maximum Gasteiger partial charge on any atom is 0.312 e. The van der Waals surface area contributed by atoms with Gasteiger partial charge in [-0.1, -0.05) is 6.07 Å². The van der Waals surface area contributed by atoms with E-state index in [1.54, 1.807) is 24.3 Å². The number of hydrogen-bond donors (Lipinski definition) is 4. The number of nitrogens with one attached hydrogen (secondary N) is 3. The number of nitrogens with two attached hydrogens (primary N) is 1. The average molecular weight is 392 g/mol. The molecule has 0 radical (unpaired) electrons. The van der Waals surface area contributed by atoms with Gasteiger partial charge in [0.2, 0.25) is 5.91 Å². The number of carbonyl (C=O) groups excluding carboxylic acids is 2. The van der Waals surface area contributed by atoms with Crippen LogP contribution in [0.4, 0.5) is 16.2 Å². The summed E-state index contributed by atoms with van der Waals surface area (Å²) in [7, 11) is -2.35. The minimum Gasteiger partial charge on any atom is -0.497 e. The zero-order chi connectivity index (χ0) is 20.0. The quantitative estimate of drug-likeness (QED) is 0.565. The van der Waals surface area contributed by atoms with Crippen LogP contribution in [0.5, 0.6) is 5.75 Å². The Balaban J connectivity index is 2.14. The SMILES string of the molecule is COc1ccc(NS(=O)(=O)c2cccc(NC(=O)C(C)NC(N)=O)c2)cc1. The summed E-state index contributed by atoms with van der Waals surface area (Å²) in [6, 6.07) is 10.4. The Kier molecular flexibility index (Phi) is 6.24. The summed E-state index contributed by atoms with van der Waals surface area (Å²) in [5.41, 5.74) is 5.60. The molecule has 10 heteroatoms. The van der Waals surface area contributed by atoms with Crippen LogP contribution < -0.4 is 25.8 Å². The number of methoxy groups -OCH3 is 1. The standard InChI is InChI=1S/C17H20N4O5S/c1-11(19-17(18)23)16(22)20-13-4-3-5-15(10-13)27(24,25)21-12-6-8-14(26-2)9-7-12/h3-11,21H,1-2H3,(H,20,22)(H3,18,19,23). The predicted octanol–water partition coefficient (Wildman–Crippen LogP) is 1.49. The predicted molar refractivity (Wildman–Crippen MR) is 101 cm³/mol. The number of hydrogen-bond acceptors (Lipinski definition) is 5. The molecule has 0 aliphatic carbocycles. The Morgan fingerprint density at radius 3 is 2.33 bits per heavy atom. The van der Waals surface area contributed by atoms with Crippen molar-refractivity contribution >= 4 is 33.3 Å². The number of urea groups is 1. The molecular formula is C17H20N4O5S. The fourth-order valence-corrected chi connectivity index (χ4v) is 3.25. The van der Waals surface area contributed by atoms with Gasteiger partial charge in [-0.3, -0.25) is 9.52 Å². The second kappa shape index (κ2) is 8.41. The van der Waals surface area contributed by atoms with Gasteiger partial charge in [0.15, 0.2) is 0 Å². The average Bonchev–Trinajstić information content (AvgIpc) is 2.61. The topological polar surface area (TPSA) is 140 Å². The van der Waals surface area contributed by atoms with Crippen molar-refractivity contribution in [2.45, 2.75) is 17.9 Å². The number of rotatable bonds is 7. The highest BCUT2D eigenvalue weighted by molar-refractivity contribution is 7.92. The maximum atomic E-state index is 12.5. The van der Waals surface area contributed by atoms with E-state index < -0.39 is 28.0 Å². The Morgan fingerprint density at radius 2 is 1.74 bits per heavy atom. The van der Waals surface area contributed by atoms with E-state index >= 15 is 0 Å². The summed E-state index contributed by atoms with van der Waals surface area (Å²) in [6.45, 7) is 1.45. The fourth-order valence-electron chi connectivity index (χ4n) is 2.14. The van der Waals surface area contributed by atoms with Gasteiger partial charge in [0, 0.05) is 11.4 Å². The third kappa shape index (κ3) is 5.61. The summed E-state index contributed by atoms with van der Waals surface area (Å²) in [6.07, 6.45) is 0. The molecule has 5 N–H and O–H groups in total. The molecule has 0 saturated carbocycles. The largest absolute Gasteiger partial charge is 0.497 e. The molecule has 0 fully saturated rings. The third-order valence-corrected chi connectivity index (χ3v) is 4.89. The molecule has 0 aliphatic rings. The van der Waals surface area contributed by atoms with Crippen LogP contribution in [0.15, 0.2) is 53.4 Å². The van der Waals surface area contributed by atoms with E-state index in [4.69, 9.17) is 10.5 Å². The van der Waals surface area contributed by atoms with E-state index in [0.717, 1.165) is 0 Å². The van der Waals surface area contributed by atoms with Crippen molar-refractivity contribution in [2.75, 3.05) is 17.1 Å². The van der Waals surface area contributed by atoms with Crippen LogP contribution >= 0.6 is 0 Å². The number of benzene rings is 2. The van der Waals surface area contributed by atoms with Crippen molar-refractivity contribution in [3.8, 4) is 5.75 Å². The van der Waals surface area contributed by atoms with Crippen molar-refractivity contribution < 1.29 is 22.7 Å². The number of sulfonamides is 1. The normalized spacial score (nSPS) is 11.9. The van der Waals surface area contributed by atoms with Gasteiger partial charge in [-0.05, 0) is 49.4 Å². The Labute approximate surface area is 157 Å². The van der Waals surface area contributed by atoms with Crippen LogP contribution in [0.1, 0.15) is 6.92 Å². The van der Waals surface area contributed by atoms with Crippen molar-refractivity contribution in [1.29, 1.82) is 0 Å². The Hall–Kier alpha value is -3.27. The summed E-state index contributed by atoms with van der Waals surface area (Å²) < 4.78 is 32.6. The smallest absolute Gasteiger partial charge is 0.312 e. The van der Waals surface area contributed by atoms with Crippen molar-refractivity contribution in [3.63, 3.8) is 0 Å². The highest BCUT2D eigenvalue weighted by Gasteiger charge is 2.17. The molecule has 0 aliphatic heterocycles. The van der Waals surface area contributed by atoms with Gasteiger partial charge in [0.1, 0.15) is 11.8 Å². The summed E-state index contributed by atoms with van der Waals surface area (Å²) in [4.78, 5) is 22.8. The lowest BCUT2D eigenvalue weighted by atomic mass is 10.2. The second-order valence-corrected chi connectivity index (χ2v) is 7.26. The number of amides is 3. The Morgan fingerprint density at radius 1 is 1.07 bits per heavy atom. The van der Waals surface area contributed by atoms with Crippen LogP contribution in [0.25, 0.3) is 0 Å². The minimum absolute atomic E-state index is 0.0355. The first-order valence-corrected chi connectivity index (χ1v) is 9.33. The van der Waals surface area contributed by atoms with Crippen molar-refractivity contribution in [3.05, 3.63) is 48.5 Å². The first-order chi connectivity index (χ1) is 12.7. The van der Waals surface area contributed by atoms with Crippen molar-refractivity contribution in [2.24, 2.45) is 5.73 Å². The second-order valence-electron chi connectivity index (χ2n) is 5.58. The molecule has 1 atom stereocenters. The lowest BCUT2D eigenvalue weighted by molar-refractivity contribution is -0.117. The number of carbonyl (C=O) groups is 2. The van der Waals surface area contributed by atoms with E-state index in [0.29, 0.717) is 11.4 Å². The first kappa shape index (κ1) is 20.0. The van der Waals surface area contributed by atoms with Crippen LogP contribution in [0.3, 0.4) is 0 Å². The molecule has 1 unspecified atom stereocenters. The molecule has 0 heterocycles. The van der Waals surface area contributed by atoms with E-state index in [1.807, 2.05) is 0 Å². The van der Waals surface area contributed by atoms with E-state index in [-0.39, 0.29) is 10.6 Å². The third-order valence-electron chi connectivity index (χ3n) is 3.51. The summed E-state index contributed by atoms with van der Waals surface area (Å²) in [5.74, 6) is 0.0628. The summed E-state index contributed by atoms with van der Waals surface area (Å²) >= 11 is 0. The van der Waals surface area contributed by atoms with Gasteiger partial charge in [0.05, 0.1) is 12.0 Å². The fraction of sp³-hybridized carbons (Fsp3) is 0.176. The molecule has 0 aromatic heterocycles. The number of anilines is 2. The maximum absolute atomic E-state index is 12.5. The summed E-state index contributed by atoms with van der Waals surface area (Å²) in [5, 5.41) is 4.76. The molecule has 9 nitrogen and oxygen atoms in total. The van der Waals surface area contributed by atoms with Crippen molar-refractivity contribution in [1.82, 2.24) is 5.32 Å². The van der Waals surface area contributed by atoms with Gasteiger partial charge in [-0.2, -0.15) is 0 Å². The highest BCUT2D eigenvalue weighted by atomic mass is 32.2. The van der Waals surface area contributed by atoms with Gasteiger partial charge < -0.3 is 21.1 Å². The lowest BCUT2D eigenvalue weighted by Crippen LogP contribution is -2.44. The molecule has 2 rings (SSSR count). The molecular weight excluding hydrogens is 372 g/mol. The van der Waals surface area contributed by atoms with Gasteiger partial charge >= 0.3 is 6.03 Å². The van der Waals surface area contributed by atoms with Gasteiger partial charge in [-0.15, -0.1) is 0 Å². The molecule has 0 bridgehead atoms. The zero-order valence-electron chi connectivity index (χ0n) is 14.7. The van der Waals surface area contributed by atoms with Gasteiger partial charge in [-0.25, -0.2) is 13.2 Å². The molecule has 3 amide bonds. The molecule has 0 spiro atoms. The van der Waals surface area contributed by atoms with Crippen LogP contribution in [-0.2, 0) is 14.8 Å². The van der Waals surface area contributed by atoms with Crippen LogP contribution in [0, 0.1) is 0 Å². The number of ether oxygens (including phenoxy) is 1. The molecule has 2 aromatic rings. The molecule has 2 aromatic carbocycles. The molecule has 27 heavy (non-hydrogen) atoms. The van der Waals surface area contributed by atoms with Gasteiger partial charge in [0.25, 0.3) is 10.0 Å². The number of primary amides is 1. The van der Waals surface area contributed by atoms with E-state index in [9.17, 15) is 18.0 Å². The van der Waals surface area contributed by atoms with Crippen LogP contribution in [-0.4, -0.2) is 33.5 Å². The van der Waals surface area contributed by atoms with Crippen LogP contribution in [0.2, 0.25) is 0 Å². The zero-order valence-corrected chi connectivity index (χ0v) is 15.5. The molecule has 144 valence electrons. The van der Waals surface area contributed by atoms with E-state index in [2.05, 4.69) is 15.4 Å². The van der Waals surface area contributed by atoms with E-state index in [1.165, 1.54) is 38.3 Å². The lowest BCUT2D eigenvalue weighted by Gasteiger charge is -2.14. The highest BCUT2D eigenvalue weighted by Crippen LogP contribution is 2.21. The first-order valence-electron chi connectivity index (χ1n) is 7.85.